The van der Waals surface area contributed by atoms with E-state index < -0.39 is 0 Å². The summed E-state index contributed by atoms with van der Waals surface area (Å²) in [5.74, 6) is -0.0264. The van der Waals surface area contributed by atoms with Gasteiger partial charge in [-0.2, -0.15) is 0 Å². The zero-order valence-electron chi connectivity index (χ0n) is 14.8. The minimum Gasteiger partial charge on any atom is -0.326 e. The van der Waals surface area contributed by atoms with Gasteiger partial charge in [-0.25, -0.2) is 0 Å². The van der Waals surface area contributed by atoms with Crippen LogP contribution in [0.4, 0.5) is 5.69 Å². The molecule has 1 aliphatic heterocycles. The van der Waals surface area contributed by atoms with Crippen LogP contribution in [0, 0.1) is 13.8 Å². The fourth-order valence-electron chi connectivity index (χ4n) is 3.78. The number of nitrogens with one attached hydrogen (secondary N) is 1. The molecule has 2 aromatic carbocycles. The van der Waals surface area contributed by atoms with Gasteiger partial charge in [-0.15, -0.1) is 0 Å². The van der Waals surface area contributed by atoms with Gasteiger partial charge in [0.1, 0.15) is 0 Å². The molecule has 1 heterocycles. The minimum atomic E-state index is -0.0264. The second-order valence-electron chi connectivity index (χ2n) is 6.93. The molecular formula is C21H26N2O. The molecular weight excluding hydrogens is 296 g/mol. The molecule has 1 fully saturated rings. The number of aryl methyl sites for hydroxylation is 2. The molecule has 0 radical (unpaired) electrons. The van der Waals surface area contributed by atoms with Gasteiger partial charge in [-0.1, -0.05) is 41.5 Å². The fourth-order valence-corrected chi connectivity index (χ4v) is 3.78. The monoisotopic (exact) mass is 322 g/mol. The Balaban J connectivity index is 1.77. The van der Waals surface area contributed by atoms with Crippen LogP contribution in [-0.2, 0) is 11.3 Å². The first-order chi connectivity index (χ1) is 11.5. The Morgan fingerprint density at radius 2 is 1.92 bits per heavy atom. The van der Waals surface area contributed by atoms with Crippen molar-refractivity contribution in [2.75, 3.05) is 11.9 Å². The maximum Gasteiger partial charge on any atom is 0.221 e. The largest absolute Gasteiger partial charge is 0.326 e. The Bertz CT molecular complexity index is 718. The SMILES string of the molecule is CC(=O)Nc1cccc(CN2CCCC2c2cc(C)cc(C)c2)c1. The number of hydrogen-bond donors (Lipinski definition) is 1. The second-order valence-corrected chi connectivity index (χ2v) is 6.93. The summed E-state index contributed by atoms with van der Waals surface area (Å²) >= 11 is 0. The highest BCUT2D eigenvalue weighted by molar-refractivity contribution is 5.88. The molecule has 1 atom stereocenters. The van der Waals surface area contributed by atoms with E-state index in [4.69, 9.17) is 0 Å². The fraction of sp³-hybridized carbons (Fsp3) is 0.381. The second kappa shape index (κ2) is 7.18. The Hall–Kier alpha value is -2.13. The predicted molar refractivity (Wildman–Crippen MR) is 99.0 cm³/mol. The Kier molecular flexibility index (Phi) is 5.00. The molecule has 3 rings (SSSR count). The first kappa shape index (κ1) is 16.7. The van der Waals surface area contributed by atoms with Crippen LogP contribution < -0.4 is 5.32 Å². The van der Waals surface area contributed by atoms with Crippen molar-refractivity contribution in [1.82, 2.24) is 4.90 Å². The third kappa shape index (κ3) is 4.04. The van der Waals surface area contributed by atoms with E-state index in [1.54, 1.807) is 6.92 Å². The van der Waals surface area contributed by atoms with Crippen LogP contribution in [0.25, 0.3) is 0 Å². The van der Waals surface area contributed by atoms with E-state index in [9.17, 15) is 4.79 Å². The first-order valence-electron chi connectivity index (χ1n) is 8.70. The molecule has 1 aliphatic rings. The zero-order chi connectivity index (χ0) is 17.1. The van der Waals surface area contributed by atoms with E-state index in [0.29, 0.717) is 6.04 Å². The zero-order valence-corrected chi connectivity index (χ0v) is 14.8. The third-order valence-electron chi connectivity index (χ3n) is 4.63. The lowest BCUT2D eigenvalue weighted by molar-refractivity contribution is -0.114. The van der Waals surface area contributed by atoms with Gasteiger partial charge in [0.05, 0.1) is 0 Å². The standard InChI is InChI=1S/C21H26N2O/c1-15-10-16(2)12-19(11-15)21-8-5-9-23(21)14-18-6-4-7-20(13-18)22-17(3)24/h4,6-7,10-13,21H,5,8-9,14H2,1-3H3,(H,22,24). The topological polar surface area (TPSA) is 32.3 Å². The lowest BCUT2D eigenvalue weighted by Crippen LogP contribution is -2.23. The van der Waals surface area contributed by atoms with Crippen molar-refractivity contribution < 1.29 is 4.79 Å². The van der Waals surface area contributed by atoms with Crippen molar-refractivity contribution in [3.63, 3.8) is 0 Å². The van der Waals surface area contributed by atoms with E-state index in [2.05, 4.69) is 54.4 Å². The highest BCUT2D eigenvalue weighted by Crippen LogP contribution is 2.34. The van der Waals surface area contributed by atoms with Crippen LogP contribution in [0.3, 0.4) is 0 Å². The number of carbonyl (C=O) groups excluding carboxylic acids is 1. The maximum atomic E-state index is 11.2. The smallest absolute Gasteiger partial charge is 0.221 e. The van der Waals surface area contributed by atoms with Gasteiger partial charge in [0.2, 0.25) is 5.91 Å². The van der Waals surface area contributed by atoms with Crippen LogP contribution in [-0.4, -0.2) is 17.4 Å². The summed E-state index contributed by atoms with van der Waals surface area (Å²) in [4.78, 5) is 13.8. The Morgan fingerprint density at radius 3 is 2.62 bits per heavy atom. The van der Waals surface area contributed by atoms with E-state index in [-0.39, 0.29) is 5.91 Å². The number of nitrogens with zero attached hydrogens (tertiary/aromatic N) is 1. The number of amides is 1. The predicted octanol–water partition coefficient (Wildman–Crippen LogP) is 4.60. The van der Waals surface area contributed by atoms with Crippen LogP contribution in [0.1, 0.15) is 48.1 Å². The molecule has 1 amide bonds. The summed E-state index contributed by atoms with van der Waals surface area (Å²) < 4.78 is 0. The maximum absolute atomic E-state index is 11.2. The van der Waals surface area contributed by atoms with E-state index in [1.807, 2.05) is 12.1 Å². The molecule has 0 aromatic heterocycles. The summed E-state index contributed by atoms with van der Waals surface area (Å²) in [6.45, 7) is 7.94. The average molecular weight is 322 g/mol. The third-order valence-corrected chi connectivity index (χ3v) is 4.63. The van der Waals surface area contributed by atoms with Gasteiger partial charge in [0, 0.05) is 25.2 Å². The summed E-state index contributed by atoms with van der Waals surface area (Å²) in [7, 11) is 0. The average Bonchev–Trinajstić information content (AvgIpc) is 2.94. The van der Waals surface area contributed by atoms with Crippen molar-refractivity contribution in [1.29, 1.82) is 0 Å². The van der Waals surface area contributed by atoms with Crippen molar-refractivity contribution in [2.24, 2.45) is 0 Å². The first-order valence-corrected chi connectivity index (χ1v) is 8.70. The summed E-state index contributed by atoms with van der Waals surface area (Å²) in [6, 6.07) is 15.6. The molecule has 1 unspecified atom stereocenters. The van der Waals surface area contributed by atoms with Crippen molar-refractivity contribution in [2.45, 2.75) is 46.2 Å². The number of hydrogen-bond acceptors (Lipinski definition) is 2. The summed E-state index contributed by atoms with van der Waals surface area (Å²) in [5, 5.41) is 2.87. The normalized spacial score (nSPS) is 17.9. The van der Waals surface area contributed by atoms with Crippen LogP contribution in [0.2, 0.25) is 0 Å². The number of anilines is 1. The van der Waals surface area contributed by atoms with Crippen molar-refractivity contribution >= 4 is 11.6 Å². The van der Waals surface area contributed by atoms with Gasteiger partial charge in [-0.05, 0) is 56.5 Å². The van der Waals surface area contributed by atoms with Crippen LogP contribution in [0.5, 0.6) is 0 Å². The molecule has 1 N–H and O–H groups in total. The molecule has 3 nitrogen and oxygen atoms in total. The highest BCUT2D eigenvalue weighted by atomic mass is 16.1. The molecule has 1 saturated heterocycles. The van der Waals surface area contributed by atoms with Gasteiger partial charge in [0.15, 0.2) is 0 Å². The Labute approximate surface area is 144 Å². The molecule has 3 heteroatoms. The molecule has 24 heavy (non-hydrogen) atoms. The number of carbonyl (C=O) groups is 1. The molecule has 2 aromatic rings. The van der Waals surface area contributed by atoms with Gasteiger partial charge in [-0.3, -0.25) is 9.69 Å². The summed E-state index contributed by atoms with van der Waals surface area (Å²) in [6.07, 6.45) is 2.46. The number of benzene rings is 2. The molecule has 0 aliphatic carbocycles. The van der Waals surface area contributed by atoms with Crippen molar-refractivity contribution in [3.05, 3.63) is 64.7 Å². The minimum absolute atomic E-state index is 0.0264. The Morgan fingerprint density at radius 1 is 1.17 bits per heavy atom. The lowest BCUT2D eigenvalue weighted by atomic mass is 9.99. The molecule has 0 bridgehead atoms. The van der Waals surface area contributed by atoms with Crippen LogP contribution in [0.15, 0.2) is 42.5 Å². The van der Waals surface area contributed by atoms with Crippen molar-refractivity contribution in [3.8, 4) is 0 Å². The van der Waals surface area contributed by atoms with E-state index in [0.717, 1.165) is 18.8 Å². The van der Waals surface area contributed by atoms with E-state index in [1.165, 1.54) is 35.1 Å². The van der Waals surface area contributed by atoms with Crippen LogP contribution >= 0.6 is 0 Å². The lowest BCUT2D eigenvalue weighted by Gasteiger charge is -2.26. The van der Waals surface area contributed by atoms with E-state index >= 15 is 0 Å². The number of likely N-dealkylation sites (tertiary alicyclic amines) is 1. The highest BCUT2D eigenvalue weighted by Gasteiger charge is 2.26. The van der Waals surface area contributed by atoms with Gasteiger partial charge >= 0.3 is 0 Å². The molecule has 0 saturated carbocycles. The summed E-state index contributed by atoms with van der Waals surface area (Å²) in [5.41, 5.74) is 6.23. The number of rotatable bonds is 4. The van der Waals surface area contributed by atoms with Gasteiger partial charge < -0.3 is 5.32 Å². The quantitative estimate of drug-likeness (QED) is 0.892. The van der Waals surface area contributed by atoms with Gasteiger partial charge in [0.25, 0.3) is 0 Å². The molecule has 126 valence electrons. The molecule has 0 spiro atoms.